The maximum atomic E-state index is 11.2. The van der Waals surface area contributed by atoms with E-state index in [1.165, 1.54) is 6.33 Å². The van der Waals surface area contributed by atoms with Gasteiger partial charge in [-0.15, -0.1) is 0 Å². The molecule has 0 amide bonds. The lowest BCUT2D eigenvalue weighted by Gasteiger charge is -2.27. The average Bonchev–Trinajstić information content (AvgIpc) is 2.17. The molecule has 82 valence electrons. The maximum absolute atomic E-state index is 11.2. The van der Waals surface area contributed by atoms with Gasteiger partial charge in [0.15, 0.2) is 9.84 Å². The number of nitrogens with zero attached hydrogens (tertiary/aromatic N) is 3. The second-order valence-corrected chi connectivity index (χ2v) is 5.96. The van der Waals surface area contributed by atoms with Crippen LogP contribution in [0.15, 0.2) is 12.4 Å². The molecule has 1 fully saturated rings. The Morgan fingerprint density at radius 2 is 1.93 bits per heavy atom. The van der Waals surface area contributed by atoms with Crippen molar-refractivity contribution in [3.63, 3.8) is 0 Å². The van der Waals surface area contributed by atoms with Gasteiger partial charge < -0.3 is 4.90 Å². The van der Waals surface area contributed by atoms with Crippen LogP contribution in [0.2, 0.25) is 0 Å². The van der Waals surface area contributed by atoms with Gasteiger partial charge in [0.1, 0.15) is 12.1 Å². The van der Waals surface area contributed by atoms with Gasteiger partial charge >= 0.3 is 0 Å². The Bertz CT molecular complexity index is 444. The molecular weight excluding hydrogens is 214 g/mol. The van der Waals surface area contributed by atoms with Crippen LogP contribution in [0.1, 0.15) is 5.69 Å². The number of rotatable bonds is 1. The topological polar surface area (TPSA) is 63.2 Å². The van der Waals surface area contributed by atoms with E-state index in [2.05, 4.69) is 9.97 Å². The Balaban J connectivity index is 2.14. The van der Waals surface area contributed by atoms with Crippen LogP contribution in [0.5, 0.6) is 0 Å². The van der Waals surface area contributed by atoms with Crippen molar-refractivity contribution in [2.75, 3.05) is 29.5 Å². The molecule has 2 rings (SSSR count). The molecular formula is C9H13N3O2S. The molecule has 0 radical (unpaired) electrons. The predicted octanol–water partition coefficient (Wildman–Crippen LogP) is 0.0198. The summed E-state index contributed by atoms with van der Waals surface area (Å²) in [7, 11) is -2.82. The Morgan fingerprint density at radius 3 is 2.53 bits per heavy atom. The molecule has 0 aliphatic carbocycles. The molecule has 0 bridgehead atoms. The number of hydrogen-bond donors (Lipinski definition) is 0. The summed E-state index contributed by atoms with van der Waals surface area (Å²) in [5, 5.41) is 0. The predicted molar refractivity (Wildman–Crippen MR) is 57.6 cm³/mol. The molecule has 1 aromatic heterocycles. The molecule has 2 heterocycles. The monoisotopic (exact) mass is 227 g/mol. The second kappa shape index (κ2) is 3.77. The molecule has 6 heteroatoms. The van der Waals surface area contributed by atoms with Gasteiger partial charge in [0.25, 0.3) is 0 Å². The minimum Gasteiger partial charge on any atom is -0.354 e. The number of aromatic nitrogens is 2. The van der Waals surface area contributed by atoms with Gasteiger partial charge in [-0.3, -0.25) is 0 Å². The van der Waals surface area contributed by atoms with Crippen LogP contribution >= 0.6 is 0 Å². The first kappa shape index (κ1) is 10.4. The van der Waals surface area contributed by atoms with E-state index >= 15 is 0 Å². The van der Waals surface area contributed by atoms with Crippen LogP contribution in [0.3, 0.4) is 0 Å². The molecule has 0 atom stereocenters. The van der Waals surface area contributed by atoms with Crippen molar-refractivity contribution in [3.05, 3.63) is 18.1 Å². The molecule has 0 N–H and O–H groups in total. The Morgan fingerprint density at radius 1 is 1.27 bits per heavy atom. The summed E-state index contributed by atoms with van der Waals surface area (Å²) in [5.41, 5.74) is 0.897. The summed E-state index contributed by atoms with van der Waals surface area (Å²) in [4.78, 5) is 10.1. The van der Waals surface area contributed by atoms with E-state index in [0.29, 0.717) is 13.1 Å². The van der Waals surface area contributed by atoms with Crippen molar-refractivity contribution in [1.29, 1.82) is 0 Å². The quantitative estimate of drug-likeness (QED) is 0.677. The molecule has 15 heavy (non-hydrogen) atoms. The van der Waals surface area contributed by atoms with Gasteiger partial charge in [-0.25, -0.2) is 18.4 Å². The van der Waals surface area contributed by atoms with Crippen molar-refractivity contribution < 1.29 is 8.42 Å². The van der Waals surface area contributed by atoms with E-state index in [9.17, 15) is 8.42 Å². The average molecular weight is 227 g/mol. The van der Waals surface area contributed by atoms with Crippen LogP contribution in [0.4, 0.5) is 5.82 Å². The van der Waals surface area contributed by atoms with E-state index in [1.54, 1.807) is 0 Å². The third-order valence-electron chi connectivity index (χ3n) is 2.46. The first-order chi connectivity index (χ1) is 7.07. The molecule has 1 aliphatic heterocycles. The fourth-order valence-corrected chi connectivity index (χ4v) is 2.76. The van der Waals surface area contributed by atoms with Crippen LogP contribution in [0.25, 0.3) is 0 Å². The van der Waals surface area contributed by atoms with Crippen molar-refractivity contribution >= 4 is 15.7 Å². The summed E-state index contributed by atoms with van der Waals surface area (Å²) in [5.74, 6) is 1.25. The maximum Gasteiger partial charge on any atom is 0.153 e. The highest BCUT2D eigenvalue weighted by molar-refractivity contribution is 7.91. The van der Waals surface area contributed by atoms with E-state index in [-0.39, 0.29) is 11.5 Å². The van der Waals surface area contributed by atoms with Crippen molar-refractivity contribution in [3.8, 4) is 0 Å². The number of sulfone groups is 1. The second-order valence-electron chi connectivity index (χ2n) is 3.66. The highest BCUT2D eigenvalue weighted by Crippen LogP contribution is 2.14. The van der Waals surface area contributed by atoms with Gasteiger partial charge in [0.2, 0.25) is 0 Å². The van der Waals surface area contributed by atoms with E-state index in [0.717, 1.165) is 11.5 Å². The minimum absolute atomic E-state index is 0.218. The molecule has 1 aliphatic rings. The van der Waals surface area contributed by atoms with Gasteiger partial charge in [-0.2, -0.15) is 0 Å². The third-order valence-corrected chi connectivity index (χ3v) is 4.07. The van der Waals surface area contributed by atoms with Gasteiger partial charge in [0, 0.05) is 24.8 Å². The zero-order chi connectivity index (χ0) is 10.9. The summed E-state index contributed by atoms with van der Waals surface area (Å²) in [6.07, 6.45) is 1.51. The van der Waals surface area contributed by atoms with Crippen LogP contribution in [0, 0.1) is 6.92 Å². The molecule has 5 nitrogen and oxygen atoms in total. The van der Waals surface area contributed by atoms with Crippen LogP contribution < -0.4 is 4.90 Å². The Kier molecular flexibility index (Phi) is 2.60. The zero-order valence-corrected chi connectivity index (χ0v) is 9.37. The minimum atomic E-state index is -2.82. The van der Waals surface area contributed by atoms with E-state index < -0.39 is 9.84 Å². The van der Waals surface area contributed by atoms with Crippen molar-refractivity contribution in [2.45, 2.75) is 6.92 Å². The number of aryl methyl sites for hydroxylation is 1. The van der Waals surface area contributed by atoms with E-state index in [4.69, 9.17) is 0 Å². The van der Waals surface area contributed by atoms with Crippen molar-refractivity contribution in [1.82, 2.24) is 9.97 Å². The lowest BCUT2D eigenvalue weighted by Crippen LogP contribution is -2.40. The first-order valence-corrected chi connectivity index (χ1v) is 6.63. The SMILES string of the molecule is Cc1cc(N2CCS(=O)(=O)CC2)ncn1. The highest BCUT2D eigenvalue weighted by atomic mass is 32.2. The number of anilines is 1. The third kappa shape index (κ3) is 2.44. The fraction of sp³-hybridized carbons (Fsp3) is 0.556. The highest BCUT2D eigenvalue weighted by Gasteiger charge is 2.22. The van der Waals surface area contributed by atoms with E-state index in [1.807, 2.05) is 17.9 Å². The lowest BCUT2D eigenvalue weighted by atomic mass is 10.4. The van der Waals surface area contributed by atoms with Crippen LogP contribution in [-0.4, -0.2) is 43.0 Å². The largest absolute Gasteiger partial charge is 0.354 e. The Labute approximate surface area is 89.1 Å². The molecule has 0 unspecified atom stereocenters. The molecule has 0 aromatic carbocycles. The lowest BCUT2D eigenvalue weighted by molar-refractivity contribution is 0.586. The molecule has 0 saturated carbocycles. The Hall–Kier alpha value is -1.17. The smallest absolute Gasteiger partial charge is 0.153 e. The van der Waals surface area contributed by atoms with Crippen molar-refractivity contribution in [2.24, 2.45) is 0 Å². The summed E-state index contributed by atoms with van der Waals surface area (Å²) in [6, 6.07) is 1.87. The van der Waals surface area contributed by atoms with Gasteiger partial charge in [-0.1, -0.05) is 0 Å². The number of hydrogen-bond acceptors (Lipinski definition) is 5. The summed E-state index contributed by atoms with van der Waals surface area (Å²) >= 11 is 0. The van der Waals surface area contributed by atoms with Crippen LogP contribution in [-0.2, 0) is 9.84 Å². The summed E-state index contributed by atoms with van der Waals surface area (Å²) in [6.45, 7) is 2.95. The fourth-order valence-electron chi connectivity index (χ4n) is 1.55. The standard InChI is InChI=1S/C9H13N3O2S/c1-8-6-9(11-7-10-8)12-2-4-15(13,14)5-3-12/h6-7H,2-5H2,1H3. The summed E-state index contributed by atoms with van der Waals surface area (Å²) < 4.78 is 22.5. The first-order valence-electron chi connectivity index (χ1n) is 4.81. The molecule has 1 saturated heterocycles. The van der Waals surface area contributed by atoms with Gasteiger partial charge in [0.05, 0.1) is 11.5 Å². The zero-order valence-electron chi connectivity index (χ0n) is 8.55. The molecule has 0 spiro atoms. The van der Waals surface area contributed by atoms with Gasteiger partial charge in [-0.05, 0) is 6.92 Å². The molecule has 1 aromatic rings. The normalized spacial score (nSPS) is 20.2.